The van der Waals surface area contributed by atoms with Crippen LogP contribution >= 0.6 is 0 Å². The molecule has 1 heterocycles. The smallest absolute Gasteiger partial charge is 0.267 e. The van der Waals surface area contributed by atoms with E-state index in [1.165, 1.54) is 4.90 Å². The monoisotopic (exact) mass is 373 g/mol. The van der Waals surface area contributed by atoms with E-state index in [-0.39, 0.29) is 23.7 Å². The van der Waals surface area contributed by atoms with Gasteiger partial charge >= 0.3 is 0 Å². The lowest BCUT2D eigenvalue weighted by atomic mass is 9.69. The lowest BCUT2D eigenvalue weighted by molar-refractivity contribution is -0.181. The number of amides is 2. The Hall–Kier alpha value is -1.88. The van der Waals surface area contributed by atoms with Crippen molar-refractivity contribution in [2.45, 2.75) is 65.7 Å². The van der Waals surface area contributed by atoms with Crippen molar-refractivity contribution in [3.05, 3.63) is 29.8 Å². The van der Waals surface area contributed by atoms with E-state index in [1.807, 2.05) is 12.1 Å². The van der Waals surface area contributed by atoms with Crippen LogP contribution in [0.1, 0.15) is 64.2 Å². The van der Waals surface area contributed by atoms with E-state index >= 15 is 0 Å². The number of carbonyl (C=O) groups excluding carboxylic acids is 2. The van der Waals surface area contributed by atoms with E-state index in [4.69, 9.17) is 4.74 Å². The molecule has 5 nitrogen and oxygen atoms in total. The van der Waals surface area contributed by atoms with Crippen LogP contribution in [0, 0.1) is 23.7 Å². The van der Waals surface area contributed by atoms with Gasteiger partial charge < -0.3 is 9.84 Å². The average molecular weight is 373 g/mol. The minimum absolute atomic E-state index is 0.0520. The zero-order valence-electron chi connectivity index (χ0n) is 16.9. The lowest BCUT2D eigenvalue weighted by Crippen LogP contribution is -2.68. The maximum Gasteiger partial charge on any atom is 0.267 e. The van der Waals surface area contributed by atoms with E-state index in [1.54, 1.807) is 26.0 Å². The molecule has 2 aliphatic rings. The van der Waals surface area contributed by atoms with Crippen LogP contribution in [0.15, 0.2) is 24.3 Å². The molecule has 0 saturated heterocycles. The number of rotatable bonds is 3. The van der Waals surface area contributed by atoms with Gasteiger partial charge in [-0.15, -0.1) is 0 Å². The predicted octanol–water partition coefficient (Wildman–Crippen LogP) is 3.85. The summed E-state index contributed by atoms with van der Waals surface area (Å²) in [7, 11) is 0. The Balaban J connectivity index is 2.18. The third kappa shape index (κ3) is 3.27. The number of fused-ring (bicyclic) bond motifs is 1. The number of benzene rings is 1. The fourth-order valence-corrected chi connectivity index (χ4v) is 4.63. The molecular formula is C22H31NO4. The summed E-state index contributed by atoms with van der Waals surface area (Å²) < 4.78 is 6.54. The first-order chi connectivity index (χ1) is 12.7. The van der Waals surface area contributed by atoms with E-state index in [0.29, 0.717) is 23.7 Å². The third-order valence-electron chi connectivity index (χ3n) is 6.31. The molecule has 1 N–H and O–H groups in total. The Morgan fingerprint density at radius 3 is 2.52 bits per heavy atom. The van der Waals surface area contributed by atoms with Gasteiger partial charge in [0.2, 0.25) is 5.91 Å². The molecule has 1 aliphatic carbocycles. The Bertz CT molecular complexity index is 729. The van der Waals surface area contributed by atoms with Gasteiger partial charge in [0.15, 0.2) is 5.72 Å². The highest BCUT2D eigenvalue weighted by molar-refractivity contribution is 6.08. The molecule has 1 aromatic carbocycles. The summed E-state index contributed by atoms with van der Waals surface area (Å²) in [5, 5.41) is 10.0. The van der Waals surface area contributed by atoms with Gasteiger partial charge in [0.1, 0.15) is 5.75 Å². The zero-order valence-corrected chi connectivity index (χ0v) is 16.9. The molecule has 1 fully saturated rings. The first-order valence-corrected chi connectivity index (χ1v) is 10.0. The van der Waals surface area contributed by atoms with Gasteiger partial charge in [0.05, 0.1) is 17.6 Å². The van der Waals surface area contributed by atoms with Crippen LogP contribution < -0.4 is 4.74 Å². The molecule has 27 heavy (non-hydrogen) atoms. The van der Waals surface area contributed by atoms with Crippen molar-refractivity contribution in [1.29, 1.82) is 0 Å². The van der Waals surface area contributed by atoms with E-state index in [0.717, 1.165) is 12.8 Å². The molecule has 1 aliphatic heterocycles. The van der Waals surface area contributed by atoms with Crippen molar-refractivity contribution >= 4 is 11.8 Å². The number of imide groups is 1. The SMILES string of the molecule is CC(C)[C@@H]1CC[C@@H](C)C[C@]12Oc1ccccc1C(=O)N2C(=O)[C@H](C)[C@H](C)O. The minimum Gasteiger partial charge on any atom is -0.466 e. The maximum atomic E-state index is 13.5. The maximum absolute atomic E-state index is 13.5. The molecule has 5 atom stereocenters. The van der Waals surface area contributed by atoms with Gasteiger partial charge in [-0.05, 0) is 43.7 Å². The molecule has 0 bridgehead atoms. The van der Waals surface area contributed by atoms with Crippen molar-refractivity contribution < 1.29 is 19.4 Å². The summed E-state index contributed by atoms with van der Waals surface area (Å²) in [4.78, 5) is 28.2. The Morgan fingerprint density at radius 1 is 1.22 bits per heavy atom. The highest BCUT2D eigenvalue weighted by atomic mass is 16.5. The Labute approximate surface area is 161 Å². The first kappa shape index (κ1) is 19.9. The van der Waals surface area contributed by atoms with Crippen molar-refractivity contribution in [3.8, 4) is 5.75 Å². The first-order valence-electron chi connectivity index (χ1n) is 10.0. The van der Waals surface area contributed by atoms with Crippen LogP contribution in [-0.4, -0.2) is 33.6 Å². The second kappa shape index (κ2) is 7.27. The molecule has 5 heteroatoms. The third-order valence-corrected chi connectivity index (χ3v) is 6.31. The fraction of sp³-hybridized carbons (Fsp3) is 0.636. The van der Waals surface area contributed by atoms with Crippen LogP contribution in [0.3, 0.4) is 0 Å². The normalized spacial score (nSPS) is 30.0. The van der Waals surface area contributed by atoms with Crippen molar-refractivity contribution in [1.82, 2.24) is 4.90 Å². The summed E-state index contributed by atoms with van der Waals surface area (Å²) >= 11 is 0. The highest BCUT2D eigenvalue weighted by Crippen LogP contribution is 2.49. The molecule has 148 valence electrons. The number of aliphatic hydroxyl groups is 1. The van der Waals surface area contributed by atoms with Crippen molar-refractivity contribution in [2.75, 3.05) is 0 Å². The van der Waals surface area contributed by atoms with Gasteiger partial charge in [0, 0.05) is 12.3 Å². The molecule has 0 aromatic heterocycles. The van der Waals surface area contributed by atoms with Gasteiger partial charge in [0.25, 0.3) is 5.91 Å². The lowest BCUT2D eigenvalue weighted by Gasteiger charge is -2.55. The number of hydrogen-bond donors (Lipinski definition) is 1. The van der Waals surface area contributed by atoms with Gasteiger partial charge in [-0.1, -0.05) is 39.8 Å². The topological polar surface area (TPSA) is 66.8 Å². The highest BCUT2D eigenvalue weighted by Gasteiger charge is 2.58. The van der Waals surface area contributed by atoms with Crippen LogP contribution in [0.4, 0.5) is 0 Å². The zero-order chi connectivity index (χ0) is 19.9. The number of carbonyl (C=O) groups is 2. The van der Waals surface area contributed by atoms with Gasteiger partial charge in [-0.3, -0.25) is 9.59 Å². The number of nitrogens with zero attached hydrogens (tertiary/aromatic N) is 1. The molecule has 0 unspecified atom stereocenters. The molecule has 1 saturated carbocycles. The predicted molar refractivity (Wildman–Crippen MR) is 103 cm³/mol. The van der Waals surface area contributed by atoms with Crippen LogP contribution in [0.5, 0.6) is 5.75 Å². The molecule has 1 spiro atoms. The Morgan fingerprint density at radius 2 is 1.89 bits per heavy atom. The molecule has 1 aromatic rings. The van der Waals surface area contributed by atoms with Crippen molar-refractivity contribution in [2.24, 2.45) is 23.7 Å². The average Bonchev–Trinajstić information content (AvgIpc) is 2.60. The Kier molecular flexibility index (Phi) is 5.35. The number of para-hydroxylation sites is 1. The molecule has 3 rings (SSSR count). The number of hydrogen-bond acceptors (Lipinski definition) is 4. The minimum atomic E-state index is -0.989. The number of ether oxygens (including phenoxy) is 1. The van der Waals surface area contributed by atoms with Gasteiger partial charge in [-0.25, -0.2) is 4.90 Å². The van der Waals surface area contributed by atoms with E-state index < -0.39 is 17.7 Å². The molecule has 2 amide bonds. The molecule has 0 radical (unpaired) electrons. The molecular weight excluding hydrogens is 342 g/mol. The summed E-state index contributed by atoms with van der Waals surface area (Å²) in [6.07, 6.45) is 1.74. The summed E-state index contributed by atoms with van der Waals surface area (Å²) in [5.41, 5.74) is -0.577. The van der Waals surface area contributed by atoms with Crippen LogP contribution in [0.2, 0.25) is 0 Å². The van der Waals surface area contributed by atoms with Crippen molar-refractivity contribution in [3.63, 3.8) is 0 Å². The summed E-state index contributed by atoms with van der Waals surface area (Å²) in [5.74, 6) is -0.141. The standard InChI is InChI=1S/C22H31NO4/c1-13(2)18-11-10-14(3)12-22(18)23(20(25)15(4)16(5)24)21(26)17-8-6-7-9-19(17)27-22/h6-9,13-16,18,24H,10-12H2,1-5H3/t14-,15-,16+,18+,22+/m1/s1. The second-order valence-electron chi connectivity index (χ2n) is 8.69. The van der Waals surface area contributed by atoms with Crippen LogP contribution in [0.25, 0.3) is 0 Å². The number of aliphatic hydroxyl groups excluding tert-OH is 1. The quantitative estimate of drug-likeness (QED) is 0.874. The summed E-state index contributed by atoms with van der Waals surface area (Å²) in [6, 6.07) is 7.15. The fourth-order valence-electron chi connectivity index (χ4n) is 4.63. The van der Waals surface area contributed by atoms with E-state index in [9.17, 15) is 14.7 Å². The van der Waals surface area contributed by atoms with Gasteiger partial charge in [-0.2, -0.15) is 0 Å². The van der Waals surface area contributed by atoms with Crippen LogP contribution in [-0.2, 0) is 4.79 Å². The largest absolute Gasteiger partial charge is 0.466 e. The second-order valence-corrected chi connectivity index (χ2v) is 8.69. The summed E-state index contributed by atoms with van der Waals surface area (Å²) in [6.45, 7) is 9.65. The van der Waals surface area contributed by atoms with E-state index in [2.05, 4.69) is 20.8 Å².